The second kappa shape index (κ2) is 6.26. The van der Waals surface area contributed by atoms with Gasteiger partial charge in [-0.3, -0.25) is 0 Å². The van der Waals surface area contributed by atoms with E-state index in [1.807, 2.05) is 19.1 Å². The van der Waals surface area contributed by atoms with Crippen LogP contribution >= 0.6 is 15.9 Å². The summed E-state index contributed by atoms with van der Waals surface area (Å²) in [6.45, 7) is 3.65. The van der Waals surface area contributed by atoms with Gasteiger partial charge in [0.1, 0.15) is 0 Å². The van der Waals surface area contributed by atoms with E-state index in [1.165, 1.54) is 5.56 Å². The Morgan fingerprint density at radius 3 is 2.67 bits per heavy atom. The maximum atomic E-state index is 9.19. The Labute approximate surface area is 100 Å². The van der Waals surface area contributed by atoms with Crippen molar-refractivity contribution in [3.8, 4) is 0 Å². The van der Waals surface area contributed by atoms with Crippen molar-refractivity contribution in [3.63, 3.8) is 0 Å². The normalized spacial score (nSPS) is 13.1. The quantitative estimate of drug-likeness (QED) is 0.890. The molecule has 0 fully saturated rings. The zero-order valence-corrected chi connectivity index (χ0v) is 10.9. The van der Waals surface area contributed by atoms with Gasteiger partial charge in [-0.05, 0) is 32.0 Å². The molecule has 0 saturated carbocycles. The first-order chi connectivity index (χ1) is 7.09. The SMILES string of the molecule is CC(O)CCN(C)Cc1ccccc1Br. The van der Waals surface area contributed by atoms with Gasteiger partial charge in [0, 0.05) is 17.6 Å². The predicted molar refractivity (Wildman–Crippen MR) is 66.8 cm³/mol. The van der Waals surface area contributed by atoms with E-state index in [0.717, 1.165) is 24.0 Å². The average molecular weight is 272 g/mol. The number of hydrogen-bond donors (Lipinski definition) is 1. The van der Waals surface area contributed by atoms with Gasteiger partial charge >= 0.3 is 0 Å². The van der Waals surface area contributed by atoms with Crippen LogP contribution in [0.3, 0.4) is 0 Å². The van der Waals surface area contributed by atoms with E-state index in [1.54, 1.807) is 0 Å². The van der Waals surface area contributed by atoms with Gasteiger partial charge in [-0.15, -0.1) is 0 Å². The Hall–Kier alpha value is -0.380. The van der Waals surface area contributed by atoms with Crippen LogP contribution in [0.5, 0.6) is 0 Å². The van der Waals surface area contributed by atoms with Crippen LogP contribution in [0.4, 0.5) is 0 Å². The van der Waals surface area contributed by atoms with Gasteiger partial charge in [0.05, 0.1) is 6.10 Å². The highest BCUT2D eigenvalue weighted by Crippen LogP contribution is 2.17. The third kappa shape index (κ3) is 4.78. The van der Waals surface area contributed by atoms with Crippen LogP contribution < -0.4 is 0 Å². The van der Waals surface area contributed by atoms with E-state index in [9.17, 15) is 5.11 Å². The third-order valence-electron chi connectivity index (χ3n) is 2.33. The van der Waals surface area contributed by atoms with Gasteiger partial charge in [-0.1, -0.05) is 34.1 Å². The molecule has 3 heteroatoms. The van der Waals surface area contributed by atoms with Crippen LogP contribution in [0.1, 0.15) is 18.9 Å². The van der Waals surface area contributed by atoms with Gasteiger partial charge in [-0.2, -0.15) is 0 Å². The number of hydrogen-bond acceptors (Lipinski definition) is 2. The van der Waals surface area contributed by atoms with Crippen molar-refractivity contribution >= 4 is 15.9 Å². The minimum absolute atomic E-state index is 0.216. The fourth-order valence-corrected chi connectivity index (χ4v) is 1.81. The molecular formula is C12H18BrNO. The summed E-state index contributed by atoms with van der Waals surface area (Å²) < 4.78 is 1.15. The largest absolute Gasteiger partial charge is 0.393 e. The second-order valence-electron chi connectivity index (χ2n) is 3.97. The molecule has 84 valence electrons. The van der Waals surface area contributed by atoms with Crippen molar-refractivity contribution in [2.45, 2.75) is 26.0 Å². The first kappa shape index (κ1) is 12.7. The van der Waals surface area contributed by atoms with Gasteiger partial charge < -0.3 is 10.0 Å². The molecule has 1 atom stereocenters. The number of aliphatic hydroxyl groups is 1. The van der Waals surface area contributed by atoms with Crippen LogP contribution in [0.2, 0.25) is 0 Å². The van der Waals surface area contributed by atoms with Crippen LogP contribution in [-0.2, 0) is 6.54 Å². The van der Waals surface area contributed by atoms with Gasteiger partial charge in [0.15, 0.2) is 0 Å². The van der Waals surface area contributed by atoms with Crippen molar-refractivity contribution in [2.24, 2.45) is 0 Å². The van der Waals surface area contributed by atoms with Crippen LogP contribution in [0.25, 0.3) is 0 Å². The van der Waals surface area contributed by atoms with E-state index < -0.39 is 0 Å². The van der Waals surface area contributed by atoms with Gasteiger partial charge in [-0.25, -0.2) is 0 Å². The molecule has 1 N–H and O–H groups in total. The molecule has 0 aliphatic carbocycles. The van der Waals surface area contributed by atoms with Gasteiger partial charge in [0.25, 0.3) is 0 Å². The molecule has 1 rings (SSSR count). The number of nitrogens with zero attached hydrogens (tertiary/aromatic N) is 1. The maximum absolute atomic E-state index is 9.19. The maximum Gasteiger partial charge on any atom is 0.0524 e. The fourth-order valence-electron chi connectivity index (χ4n) is 1.40. The Morgan fingerprint density at radius 2 is 2.07 bits per heavy atom. The third-order valence-corrected chi connectivity index (χ3v) is 3.10. The topological polar surface area (TPSA) is 23.5 Å². The van der Waals surface area contributed by atoms with Crippen molar-refractivity contribution in [2.75, 3.05) is 13.6 Å². The second-order valence-corrected chi connectivity index (χ2v) is 4.82. The van der Waals surface area contributed by atoms with Crippen molar-refractivity contribution < 1.29 is 5.11 Å². The van der Waals surface area contributed by atoms with Crippen molar-refractivity contribution in [1.29, 1.82) is 0 Å². The van der Waals surface area contributed by atoms with E-state index >= 15 is 0 Å². The summed E-state index contributed by atoms with van der Waals surface area (Å²) in [4.78, 5) is 2.22. The molecule has 0 aliphatic heterocycles. The lowest BCUT2D eigenvalue weighted by atomic mass is 10.2. The first-order valence-electron chi connectivity index (χ1n) is 5.19. The molecule has 0 amide bonds. The highest BCUT2D eigenvalue weighted by atomic mass is 79.9. The summed E-state index contributed by atoms with van der Waals surface area (Å²) in [7, 11) is 2.07. The molecule has 0 bridgehead atoms. The molecule has 1 unspecified atom stereocenters. The molecule has 15 heavy (non-hydrogen) atoms. The van der Waals surface area contributed by atoms with Gasteiger partial charge in [0.2, 0.25) is 0 Å². The smallest absolute Gasteiger partial charge is 0.0524 e. The zero-order chi connectivity index (χ0) is 11.3. The van der Waals surface area contributed by atoms with E-state index in [-0.39, 0.29) is 6.10 Å². The number of benzene rings is 1. The molecule has 0 radical (unpaired) electrons. The molecule has 0 spiro atoms. The molecule has 1 aromatic rings. The van der Waals surface area contributed by atoms with Crippen molar-refractivity contribution in [3.05, 3.63) is 34.3 Å². The lowest BCUT2D eigenvalue weighted by molar-refractivity contribution is 0.163. The fraction of sp³-hybridized carbons (Fsp3) is 0.500. The highest BCUT2D eigenvalue weighted by molar-refractivity contribution is 9.10. The Morgan fingerprint density at radius 1 is 1.40 bits per heavy atom. The molecule has 0 aliphatic rings. The highest BCUT2D eigenvalue weighted by Gasteiger charge is 2.04. The molecule has 0 aromatic heterocycles. The van der Waals surface area contributed by atoms with E-state index in [2.05, 4.69) is 40.0 Å². The molecule has 2 nitrogen and oxygen atoms in total. The van der Waals surface area contributed by atoms with Crippen LogP contribution in [0, 0.1) is 0 Å². The van der Waals surface area contributed by atoms with Crippen LogP contribution in [0.15, 0.2) is 28.7 Å². The monoisotopic (exact) mass is 271 g/mol. The zero-order valence-electron chi connectivity index (χ0n) is 9.28. The molecule has 0 heterocycles. The number of rotatable bonds is 5. The molecule has 0 saturated heterocycles. The Bertz CT molecular complexity index is 301. The van der Waals surface area contributed by atoms with Crippen molar-refractivity contribution in [1.82, 2.24) is 4.90 Å². The summed E-state index contributed by atoms with van der Waals surface area (Å²) in [6, 6.07) is 8.23. The minimum Gasteiger partial charge on any atom is -0.393 e. The summed E-state index contributed by atoms with van der Waals surface area (Å²) >= 11 is 3.53. The Balaban J connectivity index is 2.44. The summed E-state index contributed by atoms with van der Waals surface area (Å²) in [5.41, 5.74) is 1.28. The average Bonchev–Trinajstić information content (AvgIpc) is 2.18. The summed E-state index contributed by atoms with van der Waals surface area (Å²) in [6.07, 6.45) is 0.604. The van der Waals surface area contributed by atoms with E-state index in [0.29, 0.717) is 0 Å². The lowest BCUT2D eigenvalue weighted by Gasteiger charge is -2.18. The molecule has 1 aromatic carbocycles. The first-order valence-corrected chi connectivity index (χ1v) is 5.99. The number of aliphatic hydroxyl groups excluding tert-OH is 1. The minimum atomic E-state index is -0.216. The lowest BCUT2D eigenvalue weighted by Crippen LogP contribution is -2.22. The van der Waals surface area contributed by atoms with E-state index in [4.69, 9.17) is 0 Å². The molecular weight excluding hydrogens is 254 g/mol. The number of halogens is 1. The Kier molecular flexibility index (Phi) is 5.29. The van der Waals surface area contributed by atoms with Crippen LogP contribution in [-0.4, -0.2) is 29.7 Å². The summed E-state index contributed by atoms with van der Waals surface area (Å²) in [5.74, 6) is 0. The summed E-state index contributed by atoms with van der Waals surface area (Å²) in [5, 5.41) is 9.19. The standard InChI is InChI=1S/C12H18BrNO/c1-10(15)7-8-14(2)9-11-5-3-4-6-12(11)13/h3-6,10,15H,7-9H2,1-2H3. The predicted octanol–water partition coefficient (Wildman–Crippen LogP) is 2.65.